The Morgan fingerprint density at radius 3 is 2.78 bits per heavy atom. The summed E-state index contributed by atoms with van der Waals surface area (Å²) in [5.74, 6) is -0.422. The molecule has 0 bridgehead atoms. The minimum atomic E-state index is -4.19. The summed E-state index contributed by atoms with van der Waals surface area (Å²) in [4.78, 5) is 15.5. The van der Waals surface area contributed by atoms with E-state index in [0.29, 0.717) is 11.3 Å². The fourth-order valence-electron chi connectivity index (χ4n) is 1.32. The Hall–Kier alpha value is -1.63. The Morgan fingerprint density at radius 2 is 2.17 bits per heavy atom. The predicted octanol–water partition coefficient (Wildman–Crippen LogP) is 1.61. The molecule has 18 heavy (non-hydrogen) atoms. The number of halogens is 3. The molecule has 0 saturated carbocycles. The summed E-state index contributed by atoms with van der Waals surface area (Å²) in [5.41, 5.74) is 6.27. The third-order valence-corrected chi connectivity index (χ3v) is 2.21. The Bertz CT molecular complexity index is 407. The molecule has 0 aliphatic rings. The fraction of sp³-hybridized carbons (Fsp3) is 0.455. The van der Waals surface area contributed by atoms with Gasteiger partial charge in [-0.25, -0.2) is 0 Å². The van der Waals surface area contributed by atoms with E-state index in [4.69, 9.17) is 5.73 Å². The van der Waals surface area contributed by atoms with E-state index >= 15 is 0 Å². The van der Waals surface area contributed by atoms with Crippen molar-refractivity contribution in [1.82, 2.24) is 10.3 Å². The number of carbonyl (C=O) groups excluding carboxylic acids is 1. The van der Waals surface area contributed by atoms with Crippen LogP contribution in [0, 0.1) is 0 Å². The average Bonchev–Trinajstić information content (AvgIpc) is 2.33. The molecular formula is C11H14F3N3O. The van der Waals surface area contributed by atoms with Crippen LogP contribution in [0.25, 0.3) is 0 Å². The van der Waals surface area contributed by atoms with E-state index in [1.54, 1.807) is 0 Å². The minimum absolute atomic E-state index is 0.0153. The van der Waals surface area contributed by atoms with Crippen molar-refractivity contribution in [2.75, 3.05) is 6.54 Å². The second-order valence-electron chi connectivity index (χ2n) is 3.71. The molecule has 1 amide bonds. The van der Waals surface area contributed by atoms with Crippen LogP contribution in [-0.4, -0.2) is 23.6 Å². The van der Waals surface area contributed by atoms with Crippen LogP contribution in [-0.2, 0) is 6.54 Å². The van der Waals surface area contributed by atoms with Crippen molar-refractivity contribution in [2.45, 2.75) is 25.6 Å². The van der Waals surface area contributed by atoms with E-state index in [0.717, 1.165) is 0 Å². The van der Waals surface area contributed by atoms with Gasteiger partial charge in [0.15, 0.2) is 0 Å². The smallest absolute Gasteiger partial charge is 0.352 e. The summed E-state index contributed by atoms with van der Waals surface area (Å²) in [6.45, 7) is 0.188. The third kappa shape index (κ3) is 5.13. The number of aromatic nitrogens is 1. The molecule has 1 rings (SSSR count). The number of nitrogens with two attached hydrogens (primary N) is 1. The maximum absolute atomic E-state index is 11.9. The lowest BCUT2D eigenvalue weighted by molar-refractivity contribution is -0.135. The SMILES string of the molecule is NCc1cc(C(=O)NCCCC(F)(F)F)ccn1. The number of hydrogen-bond acceptors (Lipinski definition) is 3. The number of carbonyl (C=O) groups is 1. The van der Waals surface area contributed by atoms with Crippen molar-refractivity contribution in [2.24, 2.45) is 5.73 Å². The van der Waals surface area contributed by atoms with Gasteiger partial charge in [0.2, 0.25) is 0 Å². The highest BCUT2D eigenvalue weighted by atomic mass is 19.4. The van der Waals surface area contributed by atoms with Crippen LogP contribution < -0.4 is 11.1 Å². The zero-order chi connectivity index (χ0) is 13.6. The van der Waals surface area contributed by atoms with Crippen molar-refractivity contribution in [3.63, 3.8) is 0 Å². The van der Waals surface area contributed by atoms with Gasteiger partial charge in [0.1, 0.15) is 0 Å². The summed E-state index contributed by atoms with van der Waals surface area (Å²) in [5, 5.41) is 2.42. The Balaban J connectivity index is 2.41. The van der Waals surface area contributed by atoms with Gasteiger partial charge >= 0.3 is 6.18 Å². The molecule has 0 atom stereocenters. The molecule has 4 nitrogen and oxygen atoms in total. The van der Waals surface area contributed by atoms with E-state index in [-0.39, 0.29) is 19.5 Å². The van der Waals surface area contributed by atoms with E-state index < -0.39 is 18.5 Å². The van der Waals surface area contributed by atoms with Gasteiger partial charge in [0, 0.05) is 31.3 Å². The molecule has 0 aliphatic heterocycles. The molecule has 0 fully saturated rings. The number of nitrogens with zero attached hydrogens (tertiary/aromatic N) is 1. The highest BCUT2D eigenvalue weighted by Crippen LogP contribution is 2.20. The van der Waals surface area contributed by atoms with Crippen molar-refractivity contribution in [1.29, 1.82) is 0 Å². The lowest BCUT2D eigenvalue weighted by Gasteiger charge is -2.08. The molecule has 3 N–H and O–H groups in total. The largest absolute Gasteiger partial charge is 0.389 e. The zero-order valence-corrected chi connectivity index (χ0v) is 9.63. The Kier molecular flexibility index (Phi) is 5.08. The molecular weight excluding hydrogens is 247 g/mol. The Labute approximate surface area is 102 Å². The first kappa shape index (κ1) is 14.4. The molecule has 0 unspecified atom stereocenters. The van der Waals surface area contributed by atoms with Gasteiger partial charge in [-0.05, 0) is 18.6 Å². The summed E-state index contributed by atoms with van der Waals surface area (Å²) in [7, 11) is 0. The first-order chi connectivity index (χ1) is 8.42. The lowest BCUT2D eigenvalue weighted by atomic mass is 10.2. The maximum Gasteiger partial charge on any atom is 0.389 e. The highest BCUT2D eigenvalue weighted by Gasteiger charge is 2.25. The van der Waals surface area contributed by atoms with Crippen LogP contribution >= 0.6 is 0 Å². The van der Waals surface area contributed by atoms with Crippen LogP contribution in [0.1, 0.15) is 28.9 Å². The minimum Gasteiger partial charge on any atom is -0.352 e. The molecule has 1 heterocycles. The van der Waals surface area contributed by atoms with Gasteiger partial charge in [0.25, 0.3) is 5.91 Å². The monoisotopic (exact) mass is 261 g/mol. The van der Waals surface area contributed by atoms with E-state index in [2.05, 4.69) is 10.3 Å². The second kappa shape index (κ2) is 6.34. The van der Waals surface area contributed by atoms with E-state index in [1.165, 1.54) is 18.3 Å². The number of pyridine rings is 1. The second-order valence-corrected chi connectivity index (χ2v) is 3.71. The molecule has 1 aromatic heterocycles. The lowest BCUT2D eigenvalue weighted by Crippen LogP contribution is -2.25. The highest BCUT2D eigenvalue weighted by molar-refractivity contribution is 5.94. The number of alkyl halides is 3. The van der Waals surface area contributed by atoms with Crippen molar-refractivity contribution in [3.05, 3.63) is 29.6 Å². The molecule has 0 saturated heterocycles. The standard InChI is InChI=1S/C11H14F3N3O/c12-11(13,14)3-1-4-17-10(18)8-2-5-16-9(6-8)7-15/h2,5-6H,1,3-4,7,15H2,(H,17,18). The fourth-order valence-corrected chi connectivity index (χ4v) is 1.32. The van der Waals surface area contributed by atoms with Crippen LogP contribution in [0.3, 0.4) is 0 Å². The van der Waals surface area contributed by atoms with Gasteiger partial charge < -0.3 is 11.1 Å². The van der Waals surface area contributed by atoms with Crippen molar-refractivity contribution in [3.8, 4) is 0 Å². The molecule has 0 radical (unpaired) electrons. The molecule has 0 aliphatic carbocycles. The quantitative estimate of drug-likeness (QED) is 0.791. The normalized spacial score (nSPS) is 11.3. The zero-order valence-electron chi connectivity index (χ0n) is 9.63. The first-order valence-corrected chi connectivity index (χ1v) is 5.42. The van der Waals surface area contributed by atoms with Crippen LogP contribution in [0.2, 0.25) is 0 Å². The van der Waals surface area contributed by atoms with Crippen LogP contribution in [0.4, 0.5) is 13.2 Å². The number of rotatable bonds is 5. The van der Waals surface area contributed by atoms with Crippen LogP contribution in [0.5, 0.6) is 0 Å². The van der Waals surface area contributed by atoms with Crippen LogP contribution in [0.15, 0.2) is 18.3 Å². The van der Waals surface area contributed by atoms with Gasteiger partial charge in [-0.3, -0.25) is 9.78 Å². The molecule has 0 spiro atoms. The van der Waals surface area contributed by atoms with E-state index in [9.17, 15) is 18.0 Å². The average molecular weight is 261 g/mol. The molecule has 1 aromatic rings. The maximum atomic E-state index is 11.9. The molecule has 7 heteroatoms. The third-order valence-electron chi connectivity index (χ3n) is 2.21. The molecule has 100 valence electrons. The van der Waals surface area contributed by atoms with E-state index in [1.807, 2.05) is 0 Å². The van der Waals surface area contributed by atoms with Gasteiger partial charge in [-0.1, -0.05) is 0 Å². The summed E-state index contributed by atoms with van der Waals surface area (Å²) < 4.78 is 35.6. The number of hydrogen-bond donors (Lipinski definition) is 2. The van der Waals surface area contributed by atoms with Crippen molar-refractivity contribution >= 4 is 5.91 Å². The number of nitrogens with one attached hydrogen (secondary N) is 1. The number of amides is 1. The van der Waals surface area contributed by atoms with Gasteiger partial charge in [0.05, 0.1) is 5.69 Å². The topological polar surface area (TPSA) is 68.0 Å². The summed E-state index contributed by atoms with van der Waals surface area (Å²) >= 11 is 0. The van der Waals surface area contributed by atoms with Crippen molar-refractivity contribution < 1.29 is 18.0 Å². The van der Waals surface area contributed by atoms with Gasteiger partial charge in [-0.2, -0.15) is 13.2 Å². The summed E-state index contributed by atoms with van der Waals surface area (Å²) in [6, 6.07) is 3.00. The first-order valence-electron chi connectivity index (χ1n) is 5.42. The summed E-state index contributed by atoms with van der Waals surface area (Å²) in [6.07, 6.45) is -3.79. The predicted molar refractivity (Wildman–Crippen MR) is 59.8 cm³/mol. The molecule has 0 aromatic carbocycles. The van der Waals surface area contributed by atoms with Gasteiger partial charge in [-0.15, -0.1) is 0 Å². The Morgan fingerprint density at radius 1 is 1.44 bits per heavy atom.